The van der Waals surface area contributed by atoms with Crippen LogP contribution in [0.4, 0.5) is 39.8 Å². The number of fused-ring (bicyclic) bond motifs is 10. The third-order valence-corrected chi connectivity index (χ3v) is 23.6. The maximum atomic E-state index is 2.91. The molecule has 488 valence electrons. The van der Waals surface area contributed by atoms with Crippen LogP contribution in [-0.4, -0.2) is 27.9 Å². The van der Waals surface area contributed by atoms with Crippen molar-refractivity contribution in [1.29, 1.82) is 0 Å². The maximum absolute atomic E-state index is 2.91. The summed E-state index contributed by atoms with van der Waals surface area (Å²) < 4.78 is 5.15. The Labute approximate surface area is 593 Å². The lowest BCUT2D eigenvalue weighted by Crippen LogP contribution is -2.62. The smallest absolute Gasteiger partial charge is 0.252 e. The van der Waals surface area contributed by atoms with Crippen LogP contribution in [0.25, 0.3) is 99.5 Å². The third-order valence-electron chi connectivity index (χ3n) is 23.6. The van der Waals surface area contributed by atoms with Gasteiger partial charge in [0.05, 0.1) is 39.1 Å². The molecule has 15 aromatic rings. The zero-order valence-electron chi connectivity index (χ0n) is 58.4. The highest BCUT2D eigenvalue weighted by Crippen LogP contribution is 2.56. The van der Waals surface area contributed by atoms with Crippen molar-refractivity contribution in [1.82, 2.24) is 9.13 Å². The molecule has 4 fully saturated rings. The van der Waals surface area contributed by atoms with Crippen LogP contribution in [0.15, 0.2) is 291 Å². The first-order valence-corrected chi connectivity index (χ1v) is 36.8. The van der Waals surface area contributed by atoms with Gasteiger partial charge in [0.15, 0.2) is 0 Å². The molecule has 2 saturated heterocycles. The summed E-state index contributed by atoms with van der Waals surface area (Å²) >= 11 is 0. The molecule has 2 saturated carbocycles. The number of rotatable bonds is 9. The van der Waals surface area contributed by atoms with Crippen molar-refractivity contribution in [2.45, 2.75) is 96.6 Å². The quantitative estimate of drug-likeness (QED) is 0.134. The molecular weight excluding hydrogens is 1220 g/mol. The van der Waals surface area contributed by atoms with Crippen LogP contribution in [0.1, 0.15) is 84.8 Å². The summed E-state index contributed by atoms with van der Waals surface area (Å²) in [5.74, 6) is 1.65. The molecule has 5 nitrogen and oxygen atoms in total. The van der Waals surface area contributed by atoms with Gasteiger partial charge in [0.2, 0.25) is 0 Å². The lowest BCUT2D eigenvalue weighted by atomic mass is 9.33. The largest absolute Gasteiger partial charge is 0.365 e. The Morgan fingerprint density at radius 3 is 1.07 bits per heavy atom. The van der Waals surface area contributed by atoms with Gasteiger partial charge in [0.25, 0.3) is 6.71 Å². The Kier molecular flexibility index (Phi) is 13.5. The molecule has 0 radical (unpaired) electrons. The van der Waals surface area contributed by atoms with Gasteiger partial charge in [-0.25, -0.2) is 0 Å². The molecule has 6 heteroatoms. The van der Waals surface area contributed by atoms with Crippen LogP contribution in [0.3, 0.4) is 0 Å². The molecule has 0 amide bonds. The molecule has 101 heavy (non-hydrogen) atoms. The Hall–Kier alpha value is -11.1. The van der Waals surface area contributed by atoms with Crippen LogP contribution in [0, 0.1) is 11.8 Å². The molecule has 6 aliphatic rings. The number of aromatic nitrogens is 2. The summed E-state index contributed by atoms with van der Waals surface area (Å²) in [4.78, 5) is 8.41. The average Bonchev–Trinajstić information content (AvgIpc) is 0.837. The molecule has 4 bridgehead atoms. The Bertz CT molecular complexity index is 5560. The Morgan fingerprint density at radius 2 is 0.653 bits per heavy atom. The molecule has 0 unspecified atom stereocenters. The van der Waals surface area contributed by atoms with Crippen molar-refractivity contribution in [3.05, 3.63) is 302 Å². The third kappa shape index (κ3) is 9.43. The molecule has 2 aliphatic carbocycles. The normalized spacial score (nSPS) is 17.5. The highest BCUT2D eigenvalue weighted by Gasteiger charge is 2.49. The van der Waals surface area contributed by atoms with E-state index in [4.69, 9.17) is 0 Å². The van der Waals surface area contributed by atoms with E-state index in [0.717, 1.165) is 62.5 Å². The van der Waals surface area contributed by atoms with E-state index in [1.807, 2.05) is 0 Å². The average molecular weight is 1300 g/mol. The minimum Gasteiger partial charge on any atom is -0.365 e. The van der Waals surface area contributed by atoms with Crippen molar-refractivity contribution < 1.29 is 0 Å². The van der Waals surface area contributed by atoms with Crippen LogP contribution in [0.5, 0.6) is 0 Å². The Balaban J connectivity index is 0.961. The van der Waals surface area contributed by atoms with Gasteiger partial charge in [-0.3, -0.25) is 0 Å². The Morgan fingerprint density at radius 1 is 0.297 bits per heavy atom. The standard InChI is InChI=1S/C95H80BN5/c1-94(2,3)66-41-47-85-79(54-66)80-55-67(95(4,5)6)42-48-86(80)98(85)69-44-46-82-88(57-69)101(93-75(64-29-15-9-16-30-64)37-24-38-76(93)65-31-17-10-18-32-65)90-59-72(99-83-39-21-19-33-77(83)78-34-20-22-40-84(78)99)58-89-91(90)96(82)81-45-43-68(97-70-50-60-49-61(52-70)53-71(97)51-60)56-87(81)100(89)92-73(62-25-11-7-12-26-62)35-23-36-74(92)63-27-13-8-14-28-63/h7-48,54-61,70-71H,49-53H2,1-6H3. The van der Waals surface area contributed by atoms with Crippen molar-refractivity contribution in [2.75, 3.05) is 14.7 Å². The van der Waals surface area contributed by atoms with Gasteiger partial charge in [-0.15, -0.1) is 0 Å². The summed E-state index contributed by atoms with van der Waals surface area (Å²) in [7, 11) is 0. The van der Waals surface area contributed by atoms with E-state index >= 15 is 0 Å². The number of nitrogens with zero attached hydrogens (tertiary/aromatic N) is 5. The second kappa shape index (κ2) is 22.7. The summed E-state index contributed by atoms with van der Waals surface area (Å²) in [6.45, 7) is 13.8. The van der Waals surface area contributed by atoms with Crippen molar-refractivity contribution in [3.8, 4) is 55.9 Å². The SMILES string of the molecule is CC(C)(C)c1ccc2c(c1)c1cc(C(C)(C)C)ccc1n2-c1ccc2c(c1)N(c1c(-c3ccccc3)cccc1-c1ccccc1)c1cc(-n3c4ccccc4c4ccccc43)cc3c1B2c1ccc(N2C4CC5CC(C4)CC2C5)cc1N3c1c(-c2ccccc2)cccc1-c1ccccc1. The molecule has 6 heterocycles. The molecule has 13 aromatic carbocycles. The monoisotopic (exact) mass is 1300 g/mol. The lowest BCUT2D eigenvalue weighted by molar-refractivity contribution is 0.0900. The van der Waals surface area contributed by atoms with E-state index in [1.54, 1.807) is 0 Å². The maximum Gasteiger partial charge on any atom is 0.252 e. The minimum atomic E-state index is -0.198. The second-order valence-corrected chi connectivity index (χ2v) is 31.6. The van der Waals surface area contributed by atoms with E-state index in [-0.39, 0.29) is 17.5 Å². The molecule has 4 aliphatic heterocycles. The van der Waals surface area contributed by atoms with E-state index < -0.39 is 0 Å². The topological polar surface area (TPSA) is 19.6 Å². The number of para-hydroxylation sites is 4. The highest BCUT2D eigenvalue weighted by molar-refractivity contribution is 7.00. The van der Waals surface area contributed by atoms with Crippen LogP contribution in [-0.2, 0) is 10.8 Å². The van der Waals surface area contributed by atoms with Crippen LogP contribution >= 0.6 is 0 Å². The van der Waals surface area contributed by atoms with Gasteiger partial charge in [-0.2, -0.15) is 0 Å². The fourth-order valence-electron chi connectivity index (χ4n) is 19.2. The first-order chi connectivity index (χ1) is 49.4. The van der Waals surface area contributed by atoms with Crippen LogP contribution < -0.4 is 31.1 Å². The fourth-order valence-corrected chi connectivity index (χ4v) is 19.2. The van der Waals surface area contributed by atoms with E-state index in [9.17, 15) is 0 Å². The molecule has 0 atom stereocenters. The van der Waals surface area contributed by atoms with Gasteiger partial charge in [-0.05, 0) is 177 Å². The van der Waals surface area contributed by atoms with E-state index in [0.29, 0.717) is 12.1 Å². The molecule has 21 rings (SSSR count). The van der Waals surface area contributed by atoms with E-state index in [1.165, 1.54) is 148 Å². The lowest BCUT2D eigenvalue weighted by Gasteiger charge is -2.57. The number of piperidine rings is 2. The van der Waals surface area contributed by atoms with Gasteiger partial charge in [0.1, 0.15) is 0 Å². The first kappa shape index (κ1) is 59.9. The fraction of sp³-hybridized carbons (Fsp3) is 0.179. The summed E-state index contributed by atoms with van der Waals surface area (Å²) in [6.07, 6.45) is 6.52. The van der Waals surface area contributed by atoms with Gasteiger partial charge in [-0.1, -0.05) is 260 Å². The predicted octanol–water partition coefficient (Wildman–Crippen LogP) is 23.0. The molecular formula is C95H80BN5. The summed E-state index contributed by atoms with van der Waals surface area (Å²) in [5.41, 5.74) is 31.0. The molecule has 2 aromatic heterocycles. The first-order valence-electron chi connectivity index (χ1n) is 36.8. The van der Waals surface area contributed by atoms with Crippen LogP contribution in [0.2, 0.25) is 0 Å². The van der Waals surface area contributed by atoms with Gasteiger partial charge in [0, 0.05) is 90.0 Å². The van der Waals surface area contributed by atoms with Crippen molar-refractivity contribution in [3.63, 3.8) is 0 Å². The number of hydrogen-bond acceptors (Lipinski definition) is 3. The zero-order chi connectivity index (χ0) is 67.6. The number of benzene rings is 13. The summed E-state index contributed by atoms with van der Waals surface area (Å²) in [5, 5.41) is 5.01. The number of hydrogen-bond donors (Lipinski definition) is 0. The van der Waals surface area contributed by atoms with Gasteiger partial charge < -0.3 is 23.8 Å². The van der Waals surface area contributed by atoms with Crippen molar-refractivity contribution >= 4 is 107 Å². The minimum absolute atomic E-state index is 0.0458. The zero-order valence-corrected chi connectivity index (χ0v) is 58.4. The molecule has 0 spiro atoms. The predicted molar refractivity (Wildman–Crippen MR) is 428 cm³/mol. The van der Waals surface area contributed by atoms with Gasteiger partial charge >= 0.3 is 0 Å². The highest BCUT2D eigenvalue weighted by atomic mass is 15.2. The molecule has 0 N–H and O–H groups in total. The summed E-state index contributed by atoms with van der Waals surface area (Å²) in [6, 6.07) is 113. The number of anilines is 7. The van der Waals surface area contributed by atoms with Crippen molar-refractivity contribution in [2.24, 2.45) is 11.8 Å². The van der Waals surface area contributed by atoms with E-state index in [2.05, 4.69) is 357 Å². The second-order valence-electron chi connectivity index (χ2n) is 31.6.